The topological polar surface area (TPSA) is 99.1 Å². The molecule has 1 saturated heterocycles. The van der Waals surface area contributed by atoms with Gasteiger partial charge in [0.2, 0.25) is 5.28 Å². The van der Waals surface area contributed by atoms with Gasteiger partial charge in [-0.1, -0.05) is 6.92 Å². The lowest BCUT2D eigenvalue weighted by Gasteiger charge is -2.15. The van der Waals surface area contributed by atoms with Gasteiger partial charge in [-0.25, -0.2) is 9.37 Å². The molecule has 1 fully saturated rings. The summed E-state index contributed by atoms with van der Waals surface area (Å²) < 4.78 is 21.1. The van der Waals surface area contributed by atoms with E-state index in [9.17, 15) is 9.50 Å². The van der Waals surface area contributed by atoms with Crippen LogP contribution in [0.2, 0.25) is 5.28 Å². The number of fused-ring (bicyclic) bond motifs is 1. The van der Waals surface area contributed by atoms with Crippen LogP contribution in [0.1, 0.15) is 19.6 Å². The summed E-state index contributed by atoms with van der Waals surface area (Å²) in [5.41, 5.74) is 6.29. The third-order valence-corrected chi connectivity index (χ3v) is 3.56. The molecule has 0 spiro atoms. The second kappa shape index (κ2) is 4.80. The second-order valence-electron chi connectivity index (χ2n) is 4.61. The summed E-state index contributed by atoms with van der Waals surface area (Å²) in [6.45, 7) is 1.81. The Labute approximate surface area is 118 Å². The number of imidazole rings is 1. The summed E-state index contributed by atoms with van der Waals surface area (Å²) in [6, 6.07) is 0. The molecule has 108 valence electrons. The highest BCUT2D eigenvalue weighted by molar-refractivity contribution is 6.28. The van der Waals surface area contributed by atoms with Gasteiger partial charge in [0.05, 0.1) is 12.4 Å². The highest BCUT2D eigenvalue weighted by Crippen LogP contribution is 2.35. The summed E-state index contributed by atoms with van der Waals surface area (Å²) >= 11 is 5.75. The van der Waals surface area contributed by atoms with Gasteiger partial charge in [0.15, 0.2) is 23.9 Å². The van der Waals surface area contributed by atoms with Crippen molar-refractivity contribution in [2.24, 2.45) is 0 Å². The highest BCUT2D eigenvalue weighted by atomic mass is 35.5. The van der Waals surface area contributed by atoms with Gasteiger partial charge in [0, 0.05) is 0 Å². The third kappa shape index (κ3) is 1.91. The van der Waals surface area contributed by atoms with Gasteiger partial charge in [0.25, 0.3) is 0 Å². The van der Waals surface area contributed by atoms with E-state index in [2.05, 4.69) is 15.0 Å². The van der Waals surface area contributed by atoms with Crippen molar-refractivity contribution < 1.29 is 14.2 Å². The number of anilines is 1. The first kappa shape index (κ1) is 13.5. The number of alkyl halides is 1. The number of halogens is 2. The van der Waals surface area contributed by atoms with Crippen LogP contribution in [0.4, 0.5) is 10.2 Å². The van der Waals surface area contributed by atoms with E-state index in [1.165, 1.54) is 10.9 Å². The number of nitrogens with zero attached hydrogens (tertiary/aromatic N) is 4. The van der Waals surface area contributed by atoms with E-state index in [1.54, 1.807) is 0 Å². The molecule has 9 heteroatoms. The fourth-order valence-electron chi connectivity index (χ4n) is 2.36. The van der Waals surface area contributed by atoms with Gasteiger partial charge in [0.1, 0.15) is 11.6 Å². The molecule has 1 aliphatic rings. The maximum absolute atomic E-state index is 14.2. The Morgan fingerprint density at radius 3 is 2.95 bits per heavy atom. The molecule has 4 atom stereocenters. The van der Waals surface area contributed by atoms with Crippen molar-refractivity contribution in [1.29, 1.82) is 0 Å². The Morgan fingerprint density at radius 1 is 1.55 bits per heavy atom. The number of hydrogen-bond acceptors (Lipinski definition) is 6. The van der Waals surface area contributed by atoms with Crippen LogP contribution in [0.25, 0.3) is 11.2 Å². The predicted octanol–water partition coefficient (Wildman–Crippen LogP) is 1.07. The zero-order valence-corrected chi connectivity index (χ0v) is 11.3. The van der Waals surface area contributed by atoms with Crippen molar-refractivity contribution in [2.45, 2.75) is 38.0 Å². The van der Waals surface area contributed by atoms with Gasteiger partial charge in [-0.3, -0.25) is 4.57 Å². The van der Waals surface area contributed by atoms with Gasteiger partial charge in [-0.05, 0) is 18.0 Å². The number of aromatic nitrogens is 4. The number of aliphatic hydroxyl groups is 1. The minimum Gasteiger partial charge on any atom is -0.387 e. The molecule has 0 saturated carbocycles. The molecule has 20 heavy (non-hydrogen) atoms. The normalized spacial score (nSPS) is 30.2. The van der Waals surface area contributed by atoms with E-state index >= 15 is 0 Å². The molecule has 3 heterocycles. The van der Waals surface area contributed by atoms with Crippen LogP contribution in [0.15, 0.2) is 6.33 Å². The van der Waals surface area contributed by atoms with Crippen molar-refractivity contribution >= 4 is 28.6 Å². The number of rotatable bonds is 2. The molecule has 7 nitrogen and oxygen atoms in total. The van der Waals surface area contributed by atoms with Crippen molar-refractivity contribution in [1.82, 2.24) is 19.5 Å². The minimum absolute atomic E-state index is 0.0576. The van der Waals surface area contributed by atoms with Crippen LogP contribution in [0, 0.1) is 0 Å². The molecular formula is C11H13ClFN5O2. The van der Waals surface area contributed by atoms with Crippen molar-refractivity contribution in [2.75, 3.05) is 5.73 Å². The third-order valence-electron chi connectivity index (χ3n) is 3.39. The van der Waals surface area contributed by atoms with Crippen LogP contribution in [0.3, 0.4) is 0 Å². The summed E-state index contributed by atoms with van der Waals surface area (Å²) in [5.74, 6) is 0.111. The smallest absolute Gasteiger partial charge is 0.226 e. The lowest BCUT2D eigenvalue weighted by molar-refractivity contribution is -0.0238. The molecule has 2 aromatic rings. The largest absolute Gasteiger partial charge is 0.387 e. The van der Waals surface area contributed by atoms with E-state index < -0.39 is 24.6 Å². The maximum Gasteiger partial charge on any atom is 0.226 e. The van der Waals surface area contributed by atoms with Crippen LogP contribution < -0.4 is 5.73 Å². The zero-order valence-electron chi connectivity index (χ0n) is 10.6. The first-order valence-electron chi connectivity index (χ1n) is 6.16. The molecule has 3 N–H and O–H groups in total. The molecule has 2 unspecified atom stereocenters. The lowest BCUT2D eigenvalue weighted by Crippen LogP contribution is -2.27. The molecule has 1 aliphatic heterocycles. The second-order valence-corrected chi connectivity index (χ2v) is 4.95. The molecule has 0 bridgehead atoms. The van der Waals surface area contributed by atoms with Crippen LogP contribution >= 0.6 is 11.6 Å². The molecule has 0 amide bonds. The van der Waals surface area contributed by atoms with E-state index in [4.69, 9.17) is 22.1 Å². The number of hydrogen-bond donors (Lipinski definition) is 2. The molecular weight excluding hydrogens is 289 g/mol. The number of nitrogen functional groups attached to an aromatic ring is 1. The molecule has 0 radical (unpaired) electrons. The van der Waals surface area contributed by atoms with Gasteiger partial charge >= 0.3 is 0 Å². The van der Waals surface area contributed by atoms with Crippen molar-refractivity contribution in [3.8, 4) is 0 Å². The Balaban J connectivity index is 2.07. The fourth-order valence-corrected chi connectivity index (χ4v) is 2.53. The highest BCUT2D eigenvalue weighted by Gasteiger charge is 2.44. The first-order valence-corrected chi connectivity index (χ1v) is 6.54. The molecule has 0 aromatic carbocycles. The number of aliphatic hydroxyl groups excluding tert-OH is 1. The van der Waals surface area contributed by atoms with E-state index in [0.29, 0.717) is 11.9 Å². The van der Waals surface area contributed by atoms with Crippen molar-refractivity contribution in [3.05, 3.63) is 11.6 Å². The quantitative estimate of drug-likeness (QED) is 0.805. The van der Waals surface area contributed by atoms with Crippen LogP contribution in [0.5, 0.6) is 0 Å². The Bertz CT molecular complexity index is 651. The maximum atomic E-state index is 14.2. The molecule has 3 rings (SSSR count). The zero-order chi connectivity index (χ0) is 14.4. The monoisotopic (exact) mass is 301 g/mol. The molecule has 0 aliphatic carbocycles. The average molecular weight is 302 g/mol. The summed E-state index contributed by atoms with van der Waals surface area (Å²) in [4.78, 5) is 11.8. The first-order chi connectivity index (χ1) is 9.52. The minimum atomic E-state index is -1.58. The van der Waals surface area contributed by atoms with Gasteiger partial charge in [-0.2, -0.15) is 9.97 Å². The SMILES string of the molecule is CC[C@H]1O[C@@H](n2cnc3c(N)nc(Cl)nc32)C(F)C1O. The van der Waals surface area contributed by atoms with Crippen LogP contribution in [-0.2, 0) is 4.74 Å². The van der Waals surface area contributed by atoms with Gasteiger partial charge < -0.3 is 15.6 Å². The fraction of sp³-hybridized carbons (Fsp3) is 0.545. The van der Waals surface area contributed by atoms with Crippen molar-refractivity contribution in [3.63, 3.8) is 0 Å². The summed E-state index contributed by atoms with van der Waals surface area (Å²) in [7, 11) is 0. The Hall–Kier alpha value is -1.51. The Morgan fingerprint density at radius 2 is 2.30 bits per heavy atom. The lowest BCUT2D eigenvalue weighted by atomic mass is 10.1. The van der Waals surface area contributed by atoms with E-state index in [0.717, 1.165) is 0 Å². The summed E-state index contributed by atoms with van der Waals surface area (Å²) in [5, 5.41) is 9.73. The standard InChI is InChI=1S/C11H13ClFN5O2/c1-2-4-7(19)5(13)10(20-4)18-3-15-6-8(14)16-11(12)17-9(6)18/h3-5,7,10,19H,2H2,1H3,(H2,14,16,17)/t4-,5?,7?,10-/m1/s1. The van der Waals surface area contributed by atoms with Crippen LogP contribution in [-0.4, -0.2) is 43.0 Å². The number of nitrogens with two attached hydrogens (primary N) is 1. The average Bonchev–Trinajstić information content (AvgIpc) is 2.93. The van der Waals surface area contributed by atoms with Gasteiger partial charge in [-0.15, -0.1) is 0 Å². The van der Waals surface area contributed by atoms with E-state index in [1.807, 2.05) is 6.92 Å². The van der Waals surface area contributed by atoms with E-state index in [-0.39, 0.29) is 16.7 Å². The Kier molecular flexibility index (Phi) is 3.23. The summed E-state index contributed by atoms with van der Waals surface area (Å²) in [6.07, 6.45) is -2.48. The number of ether oxygens (including phenoxy) is 1. The molecule has 2 aromatic heterocycles. The predicted molar refractivity (Wildman–Crippen MR) is 69.8 cm³/mol.